The molecule has 3 heterocycles. The number of aromatic amines is 1. The minimum atomic E-state index is -4.49. The lowest BCUT2D eigenvalue weighted by molar-refractivity contribution is -0.137. The number of hydrogen-bond acceptors (Lipinski definition) is 5. The number of pyridine rings is 1. The molecule has 0 aliphatic heterocycles. The summed E-state index contributed by atoms with van der Waals surface area (Å²) >= 11 is 2.85. The highest BCUT2D eigenvalue weighted by atomic mass is 32.1. The van der Waals surface area contributed by atoms with Crippen molar-refractivity contribution in [1.82, 2.24) is 9.97 Å². The molecular weight excluding hydrogens is 423 g/mol. The van der Waals surface area contributed by atoms with Crippen molar-refractivity contribution in [2.75, 3.05) is 5.32 Å². The Balaban J connectivity index is 1.59. The molecule has 2 N–H and O–H groups in total. The number of benzene rings is 1. The van der Waals surface area contributed by atoms with Gasteiger partial charge in [-0.3, -0.25) is 9.59 Å². The van der Waals surface area contributed by atoms with Gasteiger partial charge in [0.25, 0.3) is 5.56 Å². The van der Waals surface area contributed by atoms with Gasteiger partial charge in [0, 0.05) is 16.5 Å². The maximum atomic E-state index is 12.9. The average Bonchev–Trinajstić information content (AvgIpc) is 3.32. The second kappa shape index (κ2) is 7.45. The van der Waals surface area contributed by atoms with Crippen LogP contribution in [-0.2, 0) is 17.4 Å². The van der Waals surface area contributed by atoms with Crippen LogP contribution in [0.5, 0.6) is 0 Å². The second-order valence-electron chi connectivity index (χ2n) is 6.19. The van der Waals surface area contributed by atoms with Gasteiger partial charge in [-0.15, -0.1) is 22.7 Å². The van der Waals surface area contributed by atoms with E-state index in [9.17, 15) is 22.8 Å². The summed E-state index contributed by atoms with van der Waals surface area (Å²) in [7, 11) is 0. The average molecular weight is 435 g/mol. The summed E-state index contributed by atoms with van der Waals surface area (Å²) in [6.07, 6.45) is -4.76. The van der Waals surface area contributed by atoms with Gasteiger partial charge in [-0.2, -0.15) is 13.2 Å². The zero-order valence-corrected chi connectivity index (χ0v) is 16.2. The number of rotatable bonds is 4. The molecule has 0 saturated carbocycles. The molecular formula is C19H12F3N3O2S2. The van der Waals surface area contributed by atoms with E-state index in [2.05, 4.69) is 15.3 Å². The van der Waals surface area contributed by atoms with E-state index < -0.39 is 23.2 Å². The van der Waals surface area contributed by atoms with E-state index in [1.807, 2.05) is 10.8 Å². The van der Waals surface area contributed by atoms with Crippen molar-refractivity contribution in [1.29, 1.82) is 0 Å². The number of nitrogens with zero attached hydrogens (tertiary/aromatic N) is 1. The summed E-state index contributed by atoms with van der Waals surface area (Å²) in [5.74, 6) is -0.447. The predicted molar refractivity (Wildman–Crippen MR) is 107 cm³/mol. The molecule has 4 rings (SSSR count). The number of alkyl halides is 3. The normalized spacial score (nSPS) is 11.7. The number of carbonyl (C=O) groups is 1. The van der Waals surface area contributed by atoms with Crippen LogP contribution < -0.4 is 10.9 Å². The number of thiophene rings is 1. The molecule has 1 amide bonds. The fourth-order valence-electron chi connectivity index (χ4n) is 2.86. The maximum Gasteiger partial charge on any atom is 0.416 e. The number of halogens is 3. The first-order valence-electron chi connectivity index (χ1n) is 8.30. The van der Waals surface area contributed by atoms with Gasteiger partial charge in [0.1, 0.15) is 0 Å². The number of thiazole rings is 1. The van der Waals surface area contributed by atoms with Gasteiger partial charge in [0.05, 0.1) is 33.8 Å². The minimum absolute atomic E-state index is 0.0831. The fourth-order valence-corrected chi connectivity index (χ4v) is 4.29. The summed E-state index contributed by atoms with van der Waals surface area (Å²) in [6, 6.07) is 6.11. The van der Waals surface area contributed by atoms with E-state index in [0.29, 0.717) is 5.69 Å². The zero-order valence-electron chi connectivity index (χ0n) is 14.5. The first-order valence-corrected chi connectivity index (χ1v) is 10.1. The number of fused-ring (bicyclic) bond motifs is 1. The van der Waals surface area contributed by atoms with E-state index in [-0.39, 0.29) is 22.9 Å². The lowest BCUT2D eigenvalue weighted by atomic mass is 10.1. The van der Waals surface area contributed by atoms with Gasteiger partial charge in [0.15, 0.2) is 0 Å². The Labute approximate surface area is 169 Å². The molecule has 0 fully saturated rings. The quantitative estimate of drug-likeness (QED) is 0.478. The first kappa shape index (κ1) is 19.3. The van der Waals surface area contributed by atoms with Crippen molar-refractivity contribution < 1.29 is 18.0 Å². The predicted octanol–water partition coefficient (Wildman–Crippen LogP) is 4.91. The molecule has 0 aliphatic carbocycles. The SMILES string of the molecule is O=C(Cc1cc2cc(C(F)(F)F)ccc2[nH]c1=O)Nc1ccsc1-c1cscn1. The van der Waals surface area contributed by atoms with Crippen LogP contribution in [-0.4, -0.2) is 15.9 Å². The van der Waals surface area contributed by atoms with Crippen LogP contribution in [0.25, 0.3) is 21.5 Å². The molecule has 0 bridgehead atoms. The van der Waals surface area contributed by atoms with Crippen LogP contribution in [0.15, 0.2) is 51.4 Å². The van der Waals surface area contributed by atoms with Crippen LogP contribution in [0.4, 0.5) is 18.9 Å². The zero-order chi connectivity index (χ0) is 20.6. The third-order valence-corrected chi connectivity index (χ3v) is 5.73. The molecule has 29 heavy (non-hydrogen) atoms. The standard InChI is InChI=1S/C19H12F3N3O2S2/c20-19(21,22)12-1-2-13-10(6-12)5-11(18(27)25-13)7-16(26)24-14-3-4-29-17(14)15-8-28-9-23-15/h1-6,8-9H,7H2,(H,24,26)(H,25,27). The van der Waals surface area contributed by atoms with E-state index in [0.717, 1.165) is 22.7 Å². The van der Waals surface area contributed by atoms with Crippen LogP contribution >= 0.6 is 22.7 Å². The van der Waals surface area contributed by atoms with Gasteiger partial charge < -0.3 is 10.3 Å². The van der Waals surface area contributed by atoms with E-state index in [1.165, 1.54) is 34.8 Å². The van der Waals surface area contributed by atoms with Crippen molar-refractivity contribution in [2.24, 2.45) is 0 Å². The fraction of sp³-hybridized carbons (Fsp3) is 0.105. The molecule has 10 heteroatoms. The van der Waals surface area contributed by atoms with Gasteiger partial charge in [-0.05, 0) is 41.1 Å². The van der Waals surface area contributed by atoms with Gasteiger partial charge in [0.2, 0.25) is 5.91 Å². The van der Waals surface area contributed by atoms with Gasteiger partial charge in [-0.1, -0.05) is 0 Å². The van der Waals surface area contributed by atoms with Crippen LogP contribution in [0, 0.1) is 0 Å². The number of aromatic nitrogens is 2. The number of amides is 1. The second-order valence-corrected chi connectivity index (χ2v) is 7.82. The summed E-state index contributed by atoms with van der Waals surface area (Å²) in [5, 5.41) is 6.62. The molecule has 0 unspecified atom stereocenters. The molecule has 0 spiro atoms. The van der Waals surface area contributed by atoms with Gasteiger partial charge in [-0.25, -0.2) is 4.98 Å². The Morgan fingerprint density at radius 2 is 2.03 bits per heavy atom. The molecule has 0 saturated heterocycles. The lowest BCUT2D eigenvalue weighted by Gasteiger charge is -2.09. The lowest BCUT2D eigenvalue weighted by Crippen LogP contribution is -2.21. The van der Waals surface area contributed by atoms with Crippen molar-refractivity contribution in [2.45, 2.75) is 12.6 Å². The molecule has 0 radical (unpaired) electrons. The van der Waals surface area contributed by atoms with Crippen molar-refractivity contribution in [3.63, 3.8) is 0 Å². The Morgan fingerprint density at radius 1 is 1.21 bits per heavy atom. The number of anilines is 1. The number of carbonyl (C=O) groups excluding carboxylic acids is 1. The molecule has 0 atom stereocenters. The Kier molecular flexibility index (Phi) is 4.97. The highest BCUT2D eigenvalue weighted by Gasteiger charge is 2.30. The summed E-state index contributed by atoms with van der Waals surface area (Å²) in [4.78, 5) is 32.2. The first-order chi connectivity index (χ1) is 13.8. The van der Waals surface area contributed by atoms with Crippen molar-refractivity contribution in [3.05, 3.63) is 68.1 Å². The molecule has 3 aromatic heterocycles. The largest absolute Gasteiger partial charge is 0.416 e. The van der Waals surface area contributed by atoms with E-state index in [4.69, 9.17) is 0 Å². The minimum Gasteiger partial charge on any atom is -0.324 e. The summed E-state index contributed by atoms with van der Waals surface area (Å²) in [6.45, 7) is 0. The van der Waals surface area contributed by atoms with Gasteiger partial charge >= 0.3 is 6.18 Å². The number of hydrogen-bond donors (Lipinski definition) is 2. The Hall–Kier alpha value is -2.98. The Bertz CT molecular complexity index is 1240. The molecule has 4 aromatic rings. The summed E-state index contributed by atoms with van der Waals surface area (Å²) in [5.41, 5.74) is 2.02. The highest BCUT2D eigenvalue weighted by molar-refractivity contribution is 7.14. The van der Waals surface area contributed by atoms with E-state index in [1.54, 1.807) is 11.6 Å². The number of nitrogens with one attached hydrogen (secondary N) is 2. The molecule has 148 valence electrons. The molecule has 0 aliphatic rings. The molecule has 1 aromatic carbocycles. The monoisotopic (exact) mass is 435 g/mol. The topological polar surface area (TPSA) is 74.8 Å². The summed E-state index contributed by atoms with van der Waals surface area (Å²) < 4.78 is 38.8. The smallest absolute Gasteiger partial charge is 0.324 e. The van der Waals surface area contributed by atoms with E-state index >= 15 is 0 Å². The van der Waals surface area contributed by atoms with Crippen molar-refractivity contribution >= 4 is 45.2 Å². The van der Waals surface area contributed by atoms with Crippen LogP contribution in [0.2, 0.25) is 0 Å². The third kappa shape index (κ3) is 4.08. The number of H-pyrrole nitrogens is 1. The Morgan fingerprint density at radius 3 is 2.76 bits per heavy atom. The van der Waals surface area contributed by atoms with Crippen molar-refractivity contribution in [3.8, 4) is 10.6 Å². The molecule has 5 nitrogen and oxygen atoms in total. The van der Waals surface area contributed by atoms with Crippen LogP contribution in [0.1, 0.15) is 11.1 Å². The highest BCUT2D eigenvalue weighted by Crippen LogP contribution is 2.33. The maximum absolute atomic E-state index is 12.9. The van der Waals surface area contributed by atoms with Crippen LogP contribution in [0.3, 0.4) is 0 Å². The third-order valence-electron chi connectivity index (χ3n) is 4.20.